The van der Waals surface area contributed by atoms with E-state index in [1.165, 1.54) is 11.1 Å². The first-order valence-electron chi connectivity index (χ1n) is 3.20. The maximum Gasteiger partial charge on any atom is 0.0283 e. The van der Waals surface area contributed by atoms with Crippen LogP contribution in [0.1, 0.15) is 11.1 Å². The third-order valence-electron chi connectivity index (χ3n) is 1.41. The van der Waals surface area contributed by atoms with E-state index in [1.54, 1.807) is 0 Å². The van der Waals surface area contributed by atoms with Gasteiger partial charge in [-0.1, -0.05) is 40.2 Å². The molecule has 2 heteroatoms. The summed E-state index contributed by atoms with van der Waals surface area (Å²) in [5, 5.41) is 0.949. The Morgan fingerprint density at radius 1 is 1.10 bits per heavy atom. The molecule has 1 atom stereocenters. The summed E-state index contributed by atoms with van der Waals surface area (Å²) in [5.41, 5.74) is 2.71. The third-order valence-corrected chi connectivity index (χ3v) is 2.53. The highest BCUT2D eigenvalue weighted by Crippen LogP contribution is 2.09. The summed E-state index contributed by atoms with van der Waals surface area (Å²) in [6, 6.07) is 8.61. The van der Waals surface area contributed by atoms with Crippen molar-refractivity contribution in [3.8, 4) is 0 Å². The first-order valence-corrected chi connectivity index (χ1v) is 5.14. The summed E-state index contributed by atoms with van der Waals surface area (Å²) in [7, 11) is 2.71. The Balaban J connectivity index is 2.80. The predicted molar refractivity (Wildman–Crippen MR) is 52.5 cm³/mol. The lowest BCUT2D eigenvalue weighted by Crippen LogP contribution is -1.78. The van der Waals surface area contributed by atoms with Crippen molar-refractivity contribution in [1.29, 1.82) is 0 Å². The van der Waals surface area contributed by atoms with E-state index in [1.807, 2.05) is 0 Å². The van der Waals surface area contributed by atoms with Crippen LogP contribution in [-0.4, -0.2) is 0 Å². The van der Waals surface area contributed by atoms with Crippen LogP contribution in [0.25, 0.3) is 0 Å². The van der Waals surface area contributed by atoms with Gasteiger partial charge in [0.15, 0.2) is 0 Å². The minimum atomic E-state index is 0.949. The highest BCUT2D eigenvalue weighted by molar-refractivity contribution is 9.08. The first-order chi connectivity index (χ1) is 4.86. The monoisotopic (exact) mass is 216 g/mol. The number of hydrogen-bond donors (Lipinski definition) is 0. The summed E-state index contributed by atoms with van der Waals surface area (Å²) in [5.74, 6) is 0. The largest absolute Gasteiger partial charge is 0.133 e. The van der Waals surface area contributed by atoms with Crippen molar-refractivity contribution in [3.05, 3.63) is 35.4 Å². The molecule has 1 aromatic carbocycles. The van der Waals surface area contributed by atoms with Gasteiger partial charge in [-0.2, -0.15) is 0 Å². The quantitative estimate of drug-likeness (QED) is 0.527. The SMILES string of the molecule is PCc1ccc(CBr)cc1. The number of halogens is 1. The van der Waals surface area contributed by atoms with Crippen molar-refractivity contribution in [2.75, 3.05) is 0 Å². The fraction of sp³-hybridized carbons (Fsp3) is 0.250. The Bertz CT molecular complexity index is 170. The lowest BCUT2D eigenvalue weighted by molar-refractivity contribution is 1.36. The zero-order valence-electron chi connectivity index (χ0n) is 5.68. The van der Waals surface area contributed by atoms with Crippen LogP contribution in [0.15, 0.2) is 24.3 Å². The van der Waals surface area contributed by atoms with E-state index in [0.717, 1.165) is 11.5 Å². The topological polar surface area (TPSA) is 0 Å². The van der Waals surface area contributed by atoms with Crippen molar-refractivity contribution in [3.63, 3.8) is 0 Å². The molecule has 0 saturated heterocycles. The second-order valence-electron chi connectivity index (χ2n) is 2.15. The van der Waals surface area contributed by atoms with Crippen LogP contribution in [0.2, 0.25) is 0 Å². The summed E-state index contributed by atoms with van der Waals surface area (Å²) in [6.07, 6.45) is 1.04. The molecule has 1 rings (SSSR count). The Morgan fingerprint density at radius 3 is 2.00 bits per heavy atom. The normalized spacial score (nSPS) is 9.80. The fourth-order valence-corrected chi connectivity index (χ4v) is 1.41. The molecular formula is C8H10BrP. The average molecular weight is 217 g/mol. The van der Waals surface area contributed by atoms with Gasteiger partial charge in [-0.15, -0.1) is 9.24 Å². The highest BCUT2D eigenvalue weighted by Gasteiger charge is 1.89. The summed E-state index contributed by atoms with van der Waals surface area (Å²) in [4.78, 5) is 0. The van der Waals surface area contributed by atoms with Crippen LogP contribution in [0.4, 0.5) is 0 Å². The van der Waals surface area contributed by atoms with Gasteiger partial charge in [-0.3, -0.25) is 0 Å². The van der Waals surface area contributed by atoms with Crippen molar-refractivity contribution < 1.29 is 0 Å². The van der Waals surface area contributed by atoms with Crippen LogP contribution in [0, 0.1) is 0 Å². The van der Waals surface area contributed by atoms with Gasteiger partial charge in [0.1, 0.15) is 0 Å². The van der Waals surface area contributed by atoms with Crippen LogP contribution in [-0.2, 0) is 11.5 Å². The maximum absolute atomic E-state index is 3.40. The van der Waals surface area contributed by atoms with E-state index in [2.05, 4.69) is 49.4 Å². The standard InChI is InChI=1S/C8H10BrP/c9-5-7-1-3-8(6-10)4-2-7/h1-4H,5-6,10H2. The van der Waals surface area contributed by atoms with E-state index in [0.29, 0.717) is 0 Å². The molecule has 0 aliphatic heterocycles. The van der Waals surface area contributed by atoms with Crippen LogP contribution in [0.3, 0.4) is 0 Å². The molecule has 0 spiro atoms. The van der Waals surface area contributed by atoms with Crippen LogP contribution in [0.5, 0.6) is 0 Å². The first kappa shape index (κ1) is 8.23. The number of alkyl halides is 1. The molecule has 0 fully saturated rings. The molecule has 0 bridgehead atoms. The second kappa shape index (κ2) is 4.10. The fourth-order valence-electron chi connectivity index (χ4n) is 0.764. The number of hydrogen-bond acceptors (Lipinski definition) is 0. The Morgan fingerprint density at radius 2 is 1.60 bits per heavy atom. The van der Waals surface area contributed by atoms with E-state index in [4.69, 9.17) is 0 Å². The molecule has 10 heavy (non-hydrogen) atoms. The van der Waals surface area contributed by atoms with E-state index in [9.17, 15) is 0 Å². The third kappa shape index (κ3) is 2.07. The minimum Gasteiger partial charge on any atom is -0.133 e. The molecule has 0 aliphatic rings. The highest BCUT2D eigenvalue weighted by atomic mass is 79.9. The van der Waals surface area contributed by atoms with Gasteiger partial charge in [0.25, 0.3) is 0 Å². The zero-order valence-corrected chi connectivity index (χ0v) is 8.42. The van der Waals surface area contributed by atoms with Crippen molar-refractivity contribution in [2.24, 2.45) is 0 Å². The van der Waals surface area contributed by atoms with E-state index >= 15 is 0 Å². The molecule has 0 aliphatic carbocycles. The molecule has 0 aromatic heterocycles. The van der Waals surface area contributed by atoms with Crippen LogP contribution >= 0.6 is 25.2 Å². The lowest BCUT2D eigenvalue weighted by atomic mass is 10.2. The van der Waals surface area contributed by atoms with Gasteiger partial charge in [0, 0.05) is 5.33 Å². The lowest BCUT2D eigenvalue weighted by Gasteiger charge is -1.96. The van der Waals surface area contributed by atoms with Crippen molar-refractivity contribution >= 4 is 25.2 Å². The molecule has 54 valence electrons. The van der Waals surface area contributed by atoms with Gasteiger partial charge in [-0.25, -0.2) is 0 Å². The zero-order chi connectivity index (χ0) is 7.40. The van der Waals surface area contributed by atoms with Gasteiger partial charge in [0.05, 0.1) is 0 Å². The molecule has 1 unspecified atom stereocenters. The van der Waals surface area contributed by atoms with Gasteiger partial charge in [-0.05, 0) is 17.3 Å². The molecule has 0 nitrogen and oxygen atoms in total. The molecule has 1 aromatic rings. The average Bonchev–Trinajstić information content (AvgIpc) is 2.05. The summed E-state index contributed by atoms with van der Waals surface area (Å²) >= 11 is 3.40. The molecule has 0 amide bonds. The van der Waals surface area contributed by atoms with E-state index < -0.39 is 0 Å². The van der Waals surface area contributed by atoms with Gasteiger partial charge in [0.2, 0.25) is 0 Å². The Labute approximate surface area is 72.4 Å². The molecule has 0 radical (unpaired) electrons. The van der Waals surface area contributed by atoms with Crippen molar-refractivity contribution in [2.45, 2.75) is 11.5 Å². The molecule has 0 saturated carbocycles. The van der Waals surface area contributed by atoms with Gasteiger partial charge < -0.3 is 0 Å². The van der Waals surface area contributed by atoms with E-state index in [-0.39, 0.29) is 0 Å². The molecular weight excluding hydrogens is 207 g/mol. The maximum atomic E-state index is 3.40. The summed E-state index contributed by atoms with van der Waals surface area (Å²) in [6.45, 7) is 0. The van der Waals surface area contributed by atoms with Gasteiger partial charge >= 0.3 is 0 Å². The Hall–Kier alpha value is 0.130. The number of rotatable bonds is 2. The minimum absolute atomic E-state index is 0.949. The van der Waals surface area contributed by atoms with Crippen LogP contribution < -0.4 is 0 Å². The molecule has 0 heterocycles. The molecule has 0 N–H and O–H groups in total. The number of benzene rings is 1. The van der Waals surface area contributed by atoms with Crippen molar-refractivity contribution in [1.82, 2.24) is 0 Å². The summed E-state index contributed by atoms with van der Waals surface area (Å²) < 4.78 is 0. The smallest absolute Gasteiger partial charge is 0.0283 e. The predicted octanol–water partition coefficient (Wildman–Crippen LogP) is 2.96. The second-order valence-corrected chi connectivity index (χ2v) is 3.12. The Kier molecular flexibility index (Phi) is 3.37.